The maximum atomic E-state index is 13.4. The number of nitrogens with one attached hydrogen (secondary N) is 1. The van der Waals surface area contributed by atoms with Crippen molar-refractivity contribution in [1.82, 2.24) is 5.32 Å². The Labute approximate surface area is 245 Å². The van der Waals surface area contributed by atoms with Crippen molar-refractivity contribution in [2.75, 3.05) is 13.2 Å². The lowest BCUT2D eigenvalue weighted by Gasteiger charge is -2.59. The molecule has 0 spiro atoms. The number of fused-ring (bicyclic) bond motifs is 5. The summed E-state index contributed by atoms with van der Waals surface area (Å²) in [6, 6.07) is 0. The van der Waals surface area contributed by atoms with E-state index in [9.17, 15) is 39.3 Å². The van der Waals surface area contributed by atoms with Crippen molar-refractivity contribution in [3.8, 4) is 0 Å². The minimum absolute atomic E-state index is 0.0347. The number of ether oxygens (including phenoxy) is 1. The molecule has 0 heterocycles. The van der Waals surface area contributed by atoms with Gasteiger partial charge in [-0.1, -0.05) is 39.3 Å². The monoisotopic (exact) mass is 589 g/mol. The van der Waals surface area contributed by atoms with E-state index < -0.39 is 64.3 Å². The van der Waals surface area contributed by atoms with E-state index >= 15 is 0 Å². The first kappa shape index (κ1) is 32.0. The van der Waals surface area contributed by atoms with Crippen LogP contribution >= 0.6 is 0 Å². The molecule has 0 aromatic heterocycles. The number of hydrogen-bond donors (Lipinski definition) is 5. The summed E-state index contributed by atoms with van der Waals surface area (Å²) in [5, 5.41) is 44.4. The van der Waals surface area contributed by atoms with Crippen molar-refractivity contribution in [3.63, 3.8) is 0 Å². The van der Waals surface area contributed by atoms with E-state index in [2.05, 4.69) is 12.2 Å². The number of rotatable bonds is 10. The van der Waals surface area contributed by atoms with Gasteiger partial charge in [-0.25, -0.2) is 4.79 Å². The van der Waals surface area contributed by atoms with E-state index in [4.69, 9.17) is 9.84 Å². The van der Waals surface area contributed by atoms with E-state index in [1.165, 1.54) is 13.8 Å². The molecule has 0 saturated heterocycles. The fourth-order valence-corrected chi connectivity index (χ4v) is 8.19. The lowest BCUT2D eigenvalue weighted by molar-refractivity contribution is -0.181. The molecule has 0 radical (unpaired) electrons. The number of carboxylic acids is 1. The summed E-state index contributed by atoms with van der Waals surface area (Å²) in [6.45, 7) is 6.07. The van der Waals surface area contributed by atoms with Crippen molar-refractivity contribution >= 4 is 29.4 Å². The van der Waals surface area contributed by atoms with Crippen LogP contribution in [-0.4, -0.2) is 80.8 Å². The third-order valence-corrected chi connectivity index (χ3v) is 10.7. The Morgan fingerprint density at radius 1 is 1.17 bits per heavy atom. The Morgan fingerprint density at radius 3 is 2.52 bits per heavy atom. The Bertz CT molecular complexity index is 1220. The molecule has 42 heavy (non-hydrogen) atoms. The molecule has 232 valence electrons. The molecule has 0 aromatic rings. The quantitative estimate of drug-likeness (QED) is 0.234. The molecule has 3 fully saturated rings. The maximum absolute atomic E-state index is 13.4. The normalized spacial score (nSPS) is 36.2. The number of esters is 1. The Morgan fingerprint density at radius 2 is 1.86 bits per heavy atom. The first-order valence-electron chi connectivity index (χ1n) is 14.7. The van der Waals surface area contributed by atoms with Crippen molar-refractivity contribution in [2.24, 2.45) is 34.0 Å². The SMILES string of the molecule is CC(C)(CNC(=O)CCC(=O)OCC(=O)[C@]1(O)CC[C@@H]2[C@@H]3CCC4=CC(=O)C=C[C@]4(C)[C@@H]3[C@@H](O)C[C@@]21C)[C@@H](O)C(=O)O. The van der Waals surface area contributed by atoms with Crippen LogP contribution in [0.15, 0.2) is 23.8 Å². The number of aliphatic carboxylic acids is 1. The van der Waals surface area contributed by atoms with Crippen LogP contribution in [-0.2, 0) is 28.7 Å². The Hall–Kier alpha value is -2.89. The average molecular weight is 590 g/mol. The van der Waals surface area contributed by atoms with E-state index in [1.54, 1.807) is 12.2 Å². The summed E-state index contributed by atoms with van der Waals surface area (Å²) in [4.78, 5) is 60.9. The summed E-state index contributed by atoms with van der Waals surface area (Å²) >= 11 is 0. The highest BCUT2D eigenvalue weighted by molar-refractivity contribution is 6.01. The summed E-state index contributed by atoms with van der Waals surface area (Å²) in [7, 11) is 0. The predicted molar refractivity (Wildman–Crippen MR) is 149 cm³/mol. The molecule has 0 bridgehead atoms. The van der Waals surface area contributed by atoms with E-state index in [0.717, 1.165) is 12.0 Å². The molecule has 1 amide bonds. The molecular formula is C31H43NO10. The van der Waals surface area contributed by atoms with Gasteiger partial charge in [0.25, 0.3) is 0 Å². The molecule has 0 aliphatic heterocycles. The molecule has 3 saturated carbocycles. The third kappa shape index (κ3) is 5.46. The summed E-state index contributed by atoms with van der Waals surface area (Å²) in [5.41, 5.74) is -3.28. The highest BCUT2D eigenvalue weighted by atomic mass is 16.5. The van der Waals surface area contributed by atoms with Gasteiger partial charge in [0.05, 0.1) is 12.5 Å². The number of ketones is 2. The zero-order valence-corrected chi connectivity index (χ0v) is 24.7. The zero-order valence-electron chi connectivity index (χ0n) is 24.7. The van der Waals surface area contributed by atoms with Crippen LogP contribution in [0.4, 0.5) is 0 Å². The standard InChI is InChI=1S/C31H43NO10/c1-28(2,26(38)27(39)40)16-32-23(36)7-8-24(37)42-15-22(35)31(41)12-10-20-19-6-5-17-13-18(33)9-11-29(17,3)25(19)21(34)14-30(20,31)4/h9,11,13,19-21,25-26,34,38,41H,5-8,10,12,14-16H2,1-4H3,(H,32,36)(H,39,40)/t19-,20+,21-,25-,26-,29-,30-,31+/m0/s1. The smallest absolute Gasteiger partial charge is 0.333 e. The van der Waals surface area contributed by atoms with Gasteiger partial charge >= 0.3 is 11.9 Å². The predicted octanol–water partition coefficient (Wildman–Crippen LogP) is 1.48. The first-order valence-corrected chi connectivity index (χ1v) is 14.7. The minimum Gasteiger partial charge on any atom is -0.479 e. The van der Waals surface area contributed by atoms with Crippen LogP contribution in [0, 0.1) is 34.0 Å². The molecule has 4 aliphatic rings. The second kappa shape index (κ2) is 11.3. The Balaban J connectivity index is 1.33. The van der Waals surface area contributed by atoms with E-state index in [-0.39, 0.29) is 55.8 Å². The topological polar surface area (TPSA) is 188 Å². The van der Waals surface area contributed by atoms with Gasteiger partial charge in [0.15, 0.2) is 18.5 Å². The van der Waals surface area contributed by atoms with Gasteiger partial charge in [0.1, 0.15) is 5.60 Å². The van der Waals surface area contributed by atoms with Crippen LogP contribution in [0.5, 0.6) is 0 Å². The zero-order chi connectivity index (χ0) is 31.3. The van der Waals surface area contributed by atoms with E-state index in [1.807, 2.05) is 13.0 Å². The molecule has 5 N–H and O–H groups in total. The van der Waals surface area contributed by atoms with Crippen LogP contribution in [0.25, 0.3) is 0 Å². The number of hydrogen-bond acceptors (Lipinski definition) is 9. The van der Waals surface area contributed by atoms with E-state index in [0.29, 0.717) is 12.8 Å². The van der Waals surface area contributed by atoms with Gasteiger partial charge in [-0.3, -0.25) is 19.2 Å². The van der Waals surface area contributed by atoms with Gasteiger partial charge in [-0.15, -0.1) is 0 Å². The van der Waals surface area contributed by atoms with Crippen LogP contribution in [0.1, 0.15) is 72.6 Å². The van der Waals surface area contributed by atoms with Crippen molar-refractivity contribution in [1.29, 1.82) is 0 Å². The maximum Gasteiger partial charge on any atom is 0.333 e. The van der Waals surface area contributed by atoms with Gasteiger partial charge in [-0.05, 0) is 56.1 Å². The lowest BCUT2D eigenvalue weighted by Crippen LogP contribution is -2.61. The molecule has 0 unspecified atom stereocenters. The summed E-state index contributed by atoms with van der Waals surface area (Å²) in [6.07, 6.45) is 4.50. The fraction of sp³-hybridized carbons (Fsp3) is 0.710. The number of carboxylic acid groups (broad SMARTS) is 1. The second-order valence-corrected chi connectivity index (χ2v) is 13.7. The number of allylic oxidation sites excluding steroid dienone is 4. The number of aliphatic hydroxyl groups excluding tert-OH is 2. The van der Waals surface area contributed by atoms with Crippen molar-refractivity contribution < 1.29 is 49.1 Å². The molecule has 11 nitrogen and oxygen atoms in total. The molecule has 0 aromatic carbocycles. The third-order valence-electron chi connectivity index (χ3n) is 10.7. The minimum atomic E-state index is -1.78. The van der Waals surface area contributed by atoms with Crippen LogP contribution in [0.3, 0.4) is 0 Å². The molecule has 8 atom stereocenters. The van der Waals surface area contributed by atoms with Crippen molar-refractivity contribution in [3.05, 3.63) is 23.8 Å². The number of amides is 1. The fourth-order valence-electron chi connectivity index (χ4n) is 8.19. The summed E-state index contributed by atoms with van der Waals surface area (Å²) in [5.74, 6) is -3.57. The number of carbonyl (C=O) groups is 5. The summed E-state index contributed by atoms with van der Waals surface area (Å²) < 4.78 is 5.14. The lowest BCUT2D eigenvalue weighted by atomic mass is 9.46. The molecule has 11 heteroatoms. The van der Waals surface area contributed by atoms with Crippen LogP contribution in [0.2, 0.25) is 0 Å². The number of Topliss-reactive ketones (excluding diaryl/α,β-unsaturated/α-hetero) is 1. The first-order chi connectivity index (χ1) is 19.5. The molecule has 4 aliphatic carbocycles. The highest BCUT2D eigenvalue weighted by Gasteiger charge is 2.68. The average Bonchev–Trinajstić information content (AvgIpc) is 3.19. The number of aliphatic hydroxyl groups is 3. The largest absolute Gasteiger partial charge is 0.479 e. The van der Waals surface area contributed by atoms with Gasteiger partial charge < -0.3 is 30.5 Å². The Kier molecular flexibility index (Phi) is 8.63. The second-order valence-electron chi connectivity index (χ2n) is 13.7. The van der Waals surface area contributed by atoms with Gasteiger partial charge in [0.2, 0.25) is 11.7 Å². The van der Waals surface area contributed by atoms with Gasteiger partial charge in [-0.2, -0.15) is 0 Å². The molecular weight excluding hydrogens is 546 g/mol. The molecule has 4 rings (SSSR count). The highest BCUT2D eigenvalue weighted by Crippen LogP contribution is 2.67. The number of carbonyl (C=O) groups excluding carboxylic acids is 4. The van der Waals surface area contributed by atoms with Crippen molar-refractivity contribution in [2.45, 2.75) is 90.4 Å². The van der Waals surface area contributed by atoms with Gasteiger partial charge in [0, 0.05) is 35.1 Å². The van der Waals surface area contributed by atoms with Crippen LogP contribution < -0.4 is 5.32 Å².